The molecule has 9 aromatic carbocycles. The molecule has 1 aromatic heterocycles. The average Bonchev–Trinajstić information content (AvgIpc) is 3.80. The molecule has 2 heteroatoms. The van der Waals surface area contributed by atoms with Gasteiger partial charge in [-0.3, -0.25) is 0 Å². The fourth-order valence-electron chi connectivity index (χ4n) is 9.54. The molecule has 0 bridgehead atoms. The zero-order chi connectivity index (χ0) is 39.5. The second-order valence-corrected chi connectivity index (χ2v) is 16.0. The minimum absolute atomic E-state index is 0.147. The van der Waals surface area contributed by atoms with Gasteiger partial charge in [-0.15, -0.1) is 0 Å². The smallest absolute Gasteiger partial charge is 0.145 e. The van der Waals surface area contributed by atoms with Crippen molar-refractivity contribution in [2.45, 2.75) is 19.3 Å². The van der Waals surface area contributed by atoms with Gasteiger partial charge in [0.2, 0.25) is 0 Å². The van der Waals surface area contributed by atoms with E-state index in [1.165, 1.54) is 44.5 Å². The van der Waals surface area contributed by atoms with Crippen molar-refractivity contribution in [1.82, 2.24) is 0 Å². The summed E-state index contributed by atoms with van der Waals surface area (Å²) in [4.78, 5) is 2.45. The Labute approximate surface area is 345 Å². The van der Waals surface area contributed by atoms with E-state index in [1.807, 2.05) is 0 Å². The minimum atomic E-state index is -0.147. The van der Waals surface area contributed by atoms with Crippen molar-refractivity contribution < 1.29 is 4.42 Å². The van der Waals surface area contributed by atoms with Crippen LogP contribution in [0.4, 0.5) is 17.1 Å². The van der Waals surface area contributed by atoms with Crippen molar-refractivity contribution >= 4 is 39.0 Å². The molecule has 11 rings (SSSR count). The topological polar surface area (TPSA) is 16.4 Å². The summed E-state index contributed by atoms with van der Waals surface area (Å²) >= 11 is 0. The van der Waals surface area contributed by atoms with Gasteiger partial charge >= 0.3 is 0 Å². The highest BCUT2D eigenvalue weighted by Crippen LogP contribution is 2.53. The molecule has 0 N–H and O–H groups in total. The molecule has 1 heterocycles. The van der Waals surface area contributed by atoms with E-state index >= 15 is 0 Å². The first-order valence-electron chi connectivity index (χ1n) is 20.4. The van der Waals surface area contributed by atoms with Gasteiger partial charge in [0.15, 0.2) is 0 Å². The molecule has 1 aliphatic rings. The lowest BCUT2D eigenvalue weighted by atomic mass is 9.79. The van der Waals surface area contributed by atoms with E-state index in [2.05, 4.69) is 231 Å². The van der Waals surface area contributed by atoms with Gasteiger partial charge < -0.3 is 9.32 Å². The lowest BCUT2D eigenvalue weighted by molar-refractivity contribution is 0.662. The monoisotopic (exact) mass is 755 g/mol. The molecule has 0 fully saturated rings. The Morgan fingerprint density at radius 3 is 1.78 bits per heavy atom. The van der Waals surface area contributed by atoms with E-state index in [4.69, 9.17) is 4.42 Å². The van der Waals surface area contributed by atoms with Gasteiger partial charge in [-0.25, -0.2) is 0 Å². The van der Waals surface area contributed by atoms with Crippen molar-refractivity contribution in [3.05, 3.63) is 223 Å². The Morgan fingerprint density at radius 1 is 0.390 bits per heavy atom. The van der Waals surface area contributed by atoms with Crippen LogP contribution in [0.3, 0.4) is 0 Å². The first kappa shape index (κ1) is 34.8. The van der Waals surface area contributed by atoms with Crippen LogP contribution in [-0.2, 0) is 5.41 Å². The number of para-hydroxylation sites is 2. The fourth-order valence-corrected chi connectivity index (χ4v) is 9.54. The van der Waals surface area contributed by atoms with Crippen LogP contribution >= 0.6 is 0 Å². The first-order valence-corrected chi connectivity index (χ1v) is 20.4. The number of nitrogens with zero attached hydrogens (tertiary/aromatic N) is 1. The quantitative estimate of drug-likeness (QED) is 0.161. The number of anilines is 3. The number of fused-ring (bicyclic) bond motifs is 6. The van der Waals surface area contributed by atoms with E-state index < -0.39 is 0 Å². The highest BCUT2D eigenvalue weighted by atomic mass is 16.3. The number of benzene rings is 9. The zero-order valence-electron chi connectivity index (χ0n) is 33.1. The van der Waals surface area contributed by atoms with E-state index in [0.717, 1.165) is 61.3 Å². The van der Waals surface area contributed by atoms with Gasteiger partial charge in [-0.05, 0) is 92.0 Å². The summed E-state index contributed by atoms with van der Waals surface area (Å²) in [5.74, 6) is 0. The summed E-state index contributed by atoms with van der Waals surface area (Å²) in [5.41, 5.74) is 19.5. The Kier molecular flexibility index (Phi) is 8.20. The normalized spacial score (nSPS) is 12.7. The van der Waals surface area contributed by atoms with Crippen LogP contribution in [0.1, 0.15) is 25.0 Å². The summed E-state index contributed by atoms with van der Waals surface area (Å²) in [6, 6.07) is 76.7. The highest BCUT2D eigenvalue weighted by Gasteiger charge is 2.37. The third-order valence-electron chi connectivity index (χ3n) is 12.3. The number of furan rings is 1. The van der Waals surface area contributed by atoms with Crippen LogP contribution < -0.4 is 4.90 Å². The van der Waals surface area contributed by atoms with Crippen LogP contribution in [0.2, 0.25) is 0 Å². The van der Waals surface area contributed by atoms with Crippen molar-refractivity contribution in [3.8, 4) is 55.6 Å². The maximum atomic E-state index is 6.84. The molecular formula is C57H41NO. The Bertz CT molecular complexity index is 3170. The van der Waals surface area contributed by atoms with Gasteiger partial charge in [0, 0.05) is 27.6 Å². The van der Waals surface area contributed by atoms with Crippen molar-refractivity contribution in [3.63, 3.8) is 0 Å². The van der Waals surface area contributed by atoms with Crippen LogP contribution in [-0.4, -0.2) is 0 Å². The molecule has 10 aromatic rings. The van der Waals surface area contributed by atoms with Gasteiger partial charge in [-0.2, -0.15) is 0 Å². The molecule has 0 atom stereocenters. The Hall–Kier alpha value is -7.42. The second kappa shape index (κ2) is 13.9. The Morgan fingerprint density at radius 2 is 0.966 bits per heavy atom. The van der Waals surface area contributed by atoms with Crippen LogP contribution in [0.5, 0.6) is 0 Å². The molecule has 0 saturated heterocycles. The molecule has 0 amide bonds. The largest absolute Gasteiger partial charge is 0.455 e. The molecule has 0 radical (unpaired) electrons. The zero-order valence-corrected chi connectivity index (χ0v) is 33.1. The molecule has 59 heavy (non-hydrogen) atoms. The molecule has 0 spiro atoms. The molecule has 0 aliphatic heterocycles. The Balaban J connectivity index is 1.15. The molecular weight excluding hydrogens is 715 g/mol. The van der Waals surface area contributed by atoms with Crippen LogP contribution in [0, 0.1) is 0 Å². The molecule has 1 aliphatic carbocycles. The van der Waals surface area contributed by atoms with Crippen molar-refractivity contribution in [2.75, 3.05) is 4.90 Å². The number of hydrogen-bond acceptors (Lipinski definition) is 2. The summed E-state index contributed by atoms with van der Waals surface area (Å²) in [7, 11) is 0. The number of hydrogen-bond donors (Lipinski definition) is 0. The first-order chi connectivity index (χ1) is 29.0. The van der Waals surface area contributed by atoms with E-state index in [9.17, 15) is 0 Å². The number of rotatable bonds is 7. The van der Waals surface area contributed by atoms with Crippen LogP contribution in [0.25, 0.3) is 77.6 Å². The summed E-state index contributed by atoms with van der Waals surface area (Å²) in [5, 5.41) is 2.17. The summed E-state index contributed by atoms with van der Waals surface area (Å²) in [6.07, 6.45) is 0. The maximum absolute atomic E-state index is 6.84. The van der Waals surface area contributed by atoms with E-state index in [1.54, 1.807) is 0 Å². The second-order valence-electron chi connectivity index (χ2n) is 16.0. The summed E-state index contributed by atoms with van der Waals surface area (Å²) < 4.78 is 6.84. The molecule has 2 nitrogen and oxygen atoms in total. The van der Waals surface area contributed by atoms with E-state index in [0.29, 0.717) is 0 Å². The van der Waals surface area contributed by atoms with Gasteiger partial charge in [0.1, 0.15) is 11.2 Å². The molecule has 0 saturated carbocycles. The predicted octanol–water partition coefficient (Wildman–Crippen LogP) is 16.0. The van der Waals surface area contributed by atoms with Gasteiger partial charge in [-0.1, -0.05) is 190 Å². The maximum Gasteiger partial charge on any atom is 0.145 e. The average molecular weight is 756 g/mol. The molecule has 0 unspecified atom stereocenters. The van der Waals surface area contributed by atoms with Gasteiger partial charge in [0.05, 0.1) is 16.8 Å². The third-order valence-corrected chi connectivity index (χ3v) is 12.3. The van der Waals surface area contributed by atoms with Crippen molar-refractivity contribution in [2.24, 2.45) is 0 Å². The standard InChI is InChI=1S/C57H41NO/c1-57(2)50-28-12-9-24-47(50)48-27-16-26-45(55(48)57)42-21-15-22-43(37-42)58(51-29-13-10-23-44(51)41-33-31-39(32-34-41)38-17-5-3-6-18-38)52-36-35-46(40-19-7-4-8-20-40)56-54(52)49-25-11-14-30-53(49)59-56/h3-37H,1-2H3. The lowest BCUT2D eigenvalue weighted by Gasteiger charge is -2.30. The fraction of sp³-hybridized carbons (Fsp3) is 0.0526. The lowest BCUT2D eigenvalue weighted by Crippen LogP contribution is -2.16. The predicted molar refractivity (Wildman–Crippen MR) is 248 cm³/mol. The highest BCUT2D eigenvalue weighted by molar-refractivity contribution is 6.17. The van der Waals surface area contributed by atoms with Crippen molar-refractivity contribution in [1.29, 1.82) is 0 Å². The third kappa shape index (κ3) is 5.71. The van der Waals surface area contributed by atoms with Gasteiger partial charge in [0.25, 0.3) is 0 Å². The van der Waals surface area contributed by atoms with E-state index in [-0.39, 0.29) is 5.41 Å². The van der Waals surface area contributed by atoms with Crippen LogP contribution in [0.15, 0.2) is 217 Å². The minimum Gasteiger partial charge on any atom is -0.455 e. The SMILES string of the molecule is CC1(C)c2ccccc2-c2cccc(-c3cccc(N(c4ccccc4-c4ccc(-c5ccccc5)cc4)c4ccc(-c5ccccc5)c5oc6ccccc6c45)c3)c21. The molecule has 280 valence electrons. The summed E-state index contributed by atoms with van der Waals surface area (Å²) in [6.45, 7) is 4.73.